The second-order valence-electron chi connectivity index (χ2n) is 8.55. The summed E-state index contributed by atoms with van der Waals surface area (Å²) in [6.07, 6.45) is 8.29. The van der Waals surface area contributed by atoms with E-state index in [-0.39, 0.29) is 24.3 Å². The molecule has 10 heteroatoms. The first-order valence-corrected chi connectivity index (χ1v) is 10.8. The number of carbonyl (C=O) groups is 1. The van der Waals surface area contributed by atoms with Crippen LogP contribution in [0, 0.1) is 18.7 Å². The molecule has 0 radical (unpaired) electrons. The van der Waals surface area contributed by atoms with Crippen LogP contribution in [0.3, 0.4) is 0 Å². The van der Waals surface area contributed by atoms with Gasteiger partial charge in [0.05, 0.1) is 24.6 Å². The van der Waals surface area contributed by atoms with Crippen molar-refractivity contribution in [3.63, 3.8) is 0 Å². The lowest BCUT2D eigenvalue weighted by atomic mass is 9.78. The van der Waals surface area contributed by atoms with Gasteiger partial charge in [0.1, 0.15) is 28.7 Å². The van der Waals surface area contributed by atoms with Crippen molar-refractivity contribution in [1.82, 2.24) is 19.7 Å². The van der Waals surface area contributed by atoms with Crippen LogP contribution in [0.4, 0.5) is 20.7 Å². The molecule has 3 aromatic rings. The number of nitrogens with one attached hydrogen (secondary N) is 1. The Morgan fingerprint density at radius 1 is 1.18 bits per heavy atom. The topological polar surface area (TPSA) is 85.2 Å². The van der Waals surface area contributed by atoms with Gasteiger partial charge in [0.25, 0.3) is 0 Å². The summed E-state index contributed by atoms with van der Waals surface area (Å²) in [6, 6.07) is 8.41. The molecule has 1 saturated heterocycles. The monoisotopic (exact) mass is 472 g/mol. The van der Waals surface area contributed by atoms with Gasteiger partial charge in [-0.15, -0.1) is 12.4 Å². The van der Waals surface area contributed by atoms with E-state index in [1.54, 1.807) is 41.7 Å². The van der Waals surface area contributed by atoms with E-state index >= 15 is 0 Å². The molecule has 0 atom stereocenters. The number of aromatic nitrogens is 4. The van der Waals surface area contributed by atoms with Crippen molar-refractivity contribution in [2.45, 2.75) is 38.2 Å². The third kappa shape index (κ3) is 4.78. The molecule has 0 bridgehead atoms. The van der Waals surface area contributed by atoms with E-state index in [1.165, 1.54) is 10.7 Å². The third-order valence-electron chi connectivity index (χ3n) is 6.33. The van der Waals surface area contributed by atoms with E-state index in [1.807, 2.05) is 13.0 Å². The van der Waals surface area contributed by atoms with Gasteiger partial charge >= 0.3 is 6.09 Å². The standard InChI is InChI=1S/C23H25FN6O2.ClH/c1-16-25-13-18(14-26-16)29-15-23(32-22(29)31)9-6-17(7-10-23)12-27-21-8-11-30(28-21)20-5-3-2-4-19(20)24;/h2-5,8,11,13-14,17H,6-7,9-10,12,15H2,1H3,(H,27,28);1H. The van der Waals surface area contributed by atoms with Gasteiger partial charge in [0.15, 0.2) is 0 Å². The molecular weight excluding hydrogens is 447 g/mol. The van der Waals surface area contributed by atoms with E-state index in [0.29, 0.717) is 35.5 Å². The molecule has 1 saturated carbocycles. The summed E-state index contributed by atoms with van der Waals surface area (Å²) in [5.74, 6) is 1.53. The van der Waals surface area contributed by atoms with Crippen LogP contribution < -0.4 is 10.2 Å². The molecule has 1 aliphatic carbocycles. The third-order valence-corrected chi connectivity index (χ3v) is 6.33. The fraction of sp³-hybridized carbons (Fsp3) is 0.391. The van der Waals surface area contributed by atoms with Gasteiger partial charge in [0.2, 0.25) is 0 Å². The second-order valence-corrected chi connectivity index (χ2v) is 8.55. The molecule has 0 unspecified atom stereocenters. The summed E-state index contributed by atoms with van der Waals surface area (Å²) < 4.78 is 21.3. The lowest BCUT2D eigenvalue weighted by molar-refractivity contribution is 0.0148. The number of hydrogen-bond acceptors (Lipinski definition) is 6. The van der Waals surface area contributed by atoms with Crippen molar-refractivity contribution >= 4 is 30.0 Å². The highest BCUT2D eigenvalue weighted by Crippen LogP contribution is 2.40. The first kappa shape index (κ1) is 23.0. The number of anilines is 2. The molecule has 1 amide bonds. The van der Waals surface area contributed by atoms with Crippen molar-refractivity contribution < 1.29 is 13.9 Å². The molecule has 1 aliphatic heterocycles. The zero-order chi connectivity index (χ0) is 22.1. The molecular formula is C23H26ClFN6O2. The van der Waals surface area contributed by atoms with Crippen LogP contribution >= 0.6 is 12.4 Å². The van der Waals surface area contributed by atoms with Gasteiger partial charge in [-0.2, -0.15) is 5.10 Å². The fourth-order valence-corrected chi connectivity index (χ4v) is 4.45. The van der Waals surface area contributed by atoms with Crippen LogP contribution in [-0.4, -0.2) is 44.5 Å². The van der Waals surface area contributed by atoms with E-state index < -0.39 is 5.60 Å². The van der Waals surface area contributed by atoms with Crippen molar-refractivity contribution in [2.75, 3.05) is 23.3 Å². The van der Waals surface area contributed by atoms with Gasteiger partial charge in [-0.3, -0.25) is 4.90 Å². The lowest BCUT2D eigenvalue weighted by Gasteiger charge is -2.35. The van der Waals surface area contributed by atoms with Gasteiger partial charge in [-0.25, -0.2) is 23.8 Å². The molecule has 1 spiro atoms. The number of carbonyl (C=O) groups excluding carboxylic acids is 1. The number of para-hydroxylation sites is 1. The molecule has 2 aromatic heterocycles. The van der Waals surface area contributed by atoms with Crippen molar-refractivity contribution in [3.8, 4) is 5.69 Å². The zero-order valence-electron chi connectivity index (χ0n) is 18.3. The number of amides is 1. The predicted molar refractivity (Wildman–Crippen MR) is 125 cm³/mol. The van der Waals surface area contributed by atoms with Gasteiger partial charge in [-0.1, -0.05) is 12.1 Å². The highest BCUT2D eigenvalue weighted by Gasteiger charge is 2.47. The maximum absolute atomic E-state index is 14.0. The molecule has 1 N–H and O–H groups in total. The summed E-state index contributed by atoms with van der Waals surface area (Å²) in [5, 5.41) is 7.80. The van der Waals surface area contributed by atoms with Crippen LogP contribution in [0.25, 0.3) is 5.69 Å². The Kier molecular flexibility index (Phi) is 6.51. The average molecular weight is 473 g/mol. The Hall–Kier alpha value is -3.20. The molecule has 1 aromatic carbocycles. The van der Waals surface area contributed by atoms with Crippen LogP contribution in [0.15, 0.2) is 48.9 Å². The first-order chi connectivity index (χ1) is 15.5. The minimum Gasteiger partial charge on any atom is -0.441 e. The molecule has 2 aliphatic rings. The molecule has 8 nitrogen and oxygen atoms in total. The number of hydrogen-bond donors (Lipinski definition) is 1. The summed E-state index contributed by atoms with van der Waals surface area (Å²) in [4.78, 5) is 22.5. The van der Waals surface area contributed by atoms with E-state index in [4.69, 9.17) is 4.74 Å². The molecule has 5 rings (SSSR count). The van der Waals surface area contributed by atoms with Gasteiger partial charge in [0, 0.05) is 18.8 Å². The Balaban J connectivity index is 0.00000259. The highest BCUT2D eigenvalue weighted by atomic mass is 35.5. The number of benzene rings is 1. The number of ether oxygens (including phenoxy) is 1. The molecule has 33 heavy (non-hydrogen) atoms. The quantitative estimate of drug-likeness (QED) is 0.587. The molecule has 2 fully saturated rings. The number of aryl methyl sites for hydroxylation is 1. The zero-order valence-corrected chi connectivity index (χ0v) is 19.1. The van der Waals surface area contributed by atoms with Crippen LogP contribution in [-0.2, 0) is 4.74 Å². The van der Waals surface area contributed by atoms with Crippen molar-refractivity contribution in [1.29, 1.82) is 0 Å². The summed E-state index contributed by atoms with van der Waals surface area (Å²) >= 11 is 0. The largest absolute Gasteiger partial charge is 0.441 e. The maximum Gasteiger partial charge on any atom is 0.415 e. The van der Waals surface area contributed by atoms with Crippen LogP contribution in [0.5, 0.6) is 0 Å². The summed E-state index contributed by atoms with van der Waals surface area (Å²) in [5.41, 5.74) is 0.656. The van der Waals surface area contributed by atoms with E-state index in [0.717, 1.165) is 32.2 Å². The minimum atomic E-state index is -0.440. The average Bonchev–Trinajstić information content (AvgIpc) is 3.39. The highest BCUT2D eigenvalue weighted by molar-refractivity contribution is 5.89. The SMILES string of the molecule is Cc1ncc(N2CC3(CCC(CNc4ccn(-c5ccccc5F)n4)CC3)OC2=O)cn1.Cl. The van der Waals surface area contributed by atoms with Crippen molar-refractivity contribution in [2.24, 2.45) is 5.92 Å². The predicted octanol–water partition coefficient (Wildman–Crippen LogP) is 4.53. The van der Waals surface area contributed by atoms with Crippen LogP contribution in [0.1, 0.15) is 31.5 Å². The number of rotatable bonds is 5. The second kappa shape index (κ2) is 9.35. The molecule has 3 heterocycles. The van der Waals surface area contributed by atoms with E-state index in [9.17, 15) is 9.18 Å². The maximum atomic E-state index is 14.0. The first-order valence-electron chi connectivity index (χ1n) is 10.8. The fourth-order valence-electron chi connectivity index (χ4n) is 4.45. The Bertz CT molecular complexity index is 1110. The summed E-state index contributed by atoms with van der Waals surface area (Å²) in [7, 11) is 0. The lowest BCUT2D eigenvalue weighted by Crippen LogP contribution is -2.39. The number of halogens is 2. The normalized spacial score (nSPS) is 22.2. The Labute approximate surface area is 197 Å². The summed E-state index contributed by atoms with van der Waals surface area (Å²) in [6.45, 7) is 3.12. The smallest absolute Gasteiger partial charge is 0.415 e. The van der Waals surface area contributed by atoms with Gasteiger partial charge < -0.3 is 10.1 Å². The van der Waals surface area contributed by atoms with Gasteiger partial charge in [-0.05, 0) is 50.7 Å². The minimum absolute atomic E-state index is 0. The van der Waals surface area contributed by atoms with E-state index in [2.05, 4.69) is 20.4 Å². The number of nitrogens with zero attached hydrogens (tertiary/aromatic N) is 5. The molecule has 174 valence electrons. The Morgan fingerprint density at radius 3 is 2.64 bits per heavy atom. The van der Waals surface area contributed by atoms with Crippen LogP contribution in [0.2, 0.25) is 0 Å². The Morgan fingerprint density at radius 2 is 1.91 bits per heavy atom. The van der Waals surface area contributed by atoms with Crippen molar-refractivity contribution in [3.05, 3.63) is 60.6 Å².